The van der Waals surface area contributed by atoms with Crippen molar-refractivity contribution in [2.45, 2.75) is 16.9 Å². The van der Waals surface area contributed by atoms with E-state index in [0.717, 1.165) is 12.3 Å². The van der Waals surface area contributed by atoms with Gasteiger partial charge in [0, 0.05) is 32.4 Å². The third-order valence-electron chi connectivity index (χ3n) is 4.16. The number of anilines is 1. The number of amides is 1. The van der Waals surface area contributed by atoms with E-state index in [1.807, 2.05) is 0 Å². The SMILES string of the molecule is O=C(C1CC1(Cl)Cl)N1CCN(c2ncc(C(F)(F)F)cc2Cl)CC1. The molecule has 1 aromatic heterocycles. The molecule has 132 valence electrons. The third-order valence-corrected chi connectivity index (χ3v) is 5.28. The fourth-order valence-electron chi connectivity index (χ4n) is 2.66. The Morgan fingerprint density at radius 1 is 1.25 bits per heavy atom. The van der Waals surface area contributed by atoms with Crippen LogP contribution in [-0.4, -0.2) is 46.3 Å². The van der Waals surface area contributed by atoms with Crippen molar-refractivity contribution in [3.05, 3.63) is 22.8 Å². The van der Waals surface area contributed by atoms with Crippen molar-refractivity contribution in [3.63, 3.8) is 0 Å². The first kappa shape index (κ1) is 17.9. The summed E-state index contributed by atoms with van der Waals surface area (Å²) >= 11 is 17.8. The van der Waals surface area contributed by atoms with Gasteiger partial charge in [0.05, 0.1) is 16.5 Å². The van der Waals surface area contributed by atoms with Gasteiger partial charge in [-0.2, -0.15) is 13.2 Å². The third kappa shape index (κ3) is 3.53. The molecule has 2 aliphatic rings. The number of rotatable bonds is 2. The molecule has 1 aliphatic carbocycles. The zero-order valence-electron chi connectivity index (χ0n) is 12.3. The second kappa shape index (κ2) is 6.11. The molecule has 1 amide bonds. The van der Waals surface area contributed by atoms with Gasteiger partial charge in [0.15, 0.2) is 0 Å². The first-order chi connectivity index (χ1) is 11.1. The first-order valence-corrected chi connectivity index (χ1v) is 8.37. The molecule has 3 rings (SSSR count). The summed E-state index contributed by atoms with van der Waals surface area (Å²) in [4.78, 5) is 19.5. The van der Waals surface area contributed by atoms with Crippen LogP contribution in [0.3, 0.4) is 0 Å². The molecule has 4 nitrogen and oxygen atoms in total. The Balaban J connectivity index is 1.64. The average molecular weight is 403 g/mol. The summed E-state index contributed by atoms with van der Waals surface area (Å²) in [5, 5.41) is -0.0627. The Kier molecular flexibility index (Phi) is 4.55. The van der Waals surface area contributed by atoms with E-state index in [0.29, 0.717) is 32.6 Å². The maximum absolute atomic E-state index is 12.6. The topological polar surface area (TPSA) is 36.4 Å². The number of hydrogen-bond acceptors (Lipinski definition) is 3. The number of carbonyl (C=O) groups excluding carboxylic acids is 1. The highest BCUT2D eigenvalue weighted by Crippen LogP contribution is 2.54. The number of piperazine rings is 1. The van der Waals surface area contributed by atoms with E-state index >= 15 is 0 Å². The van der Waals surface area contributed by atoms with Gasteiger partial charge in [-0.1, -0.05) is 11.6 Å². The zero-order chi connectivity index (χ0) is 17.7. The molecular formula is C14H13Cl3F3N3O. The average Bonchev–Trinajstić information content (AvgIpc) is 3.14. The number of carbonyl (C=O) groups is 1. The van der Waals surface area contributed by atoms with Crippen LogP contribution in [0.1, 0.15) is 12.0 Å². The van der Waals surface area contributed by atoms with Crippen LogP contribution in [0.4, 0.5) is 19.0 Å². The van der Waals surface area contributed by atoms with Gasteiger partial charge >= 0.3 is 6.18 Å². The van der Waals surface area contributed by atoms with Gasteiger partial charge in [-0.15, -0.1) is 23.2 Å². The predicted octanol–water partition coefficient (Wildman–Crippen LogP) is 3.60. The van der Waals surface area contributed by atoms with E-state index in [4.69, 9.17) is 34.8 Å². The summed E-state index contributed by atoms with van der Waals surface area (Å²) in [6.45, 7) is 1.68. The zero-order valence-corrected chi connectivity index (χ0v) is 14.6. The molecule has 1 aromatic rings. The van der Waals surface area contributed by atoms with Gasteiger partial charge < -0.3 is 9.80 Å². The van der Waals surface area contributed by atoms with Crippen molar-refractivity contribution in [1.29, 1.82) is 0 Å². The molecular weight excluding hydrogens is 390 g/mol. The monoisotopic (exact) mass is 401 g/mol. The summed E-state index contributed by atoms with van der Waals surface area (Å²) < 4.78 is 37.0. The lowest BCUT2D eigenvalue weighted by atomic mass is 10.2. The summed E-state index contributed by atoms with van der Waals surface area (Å²) in [5.74, 6) is -0.182. The van der Waals surface area contributed by atoms with Crippen molar-refractivity contribution in [3.8, 4) is 0 Å². The molecule has 1 aliphatic heterocycles. The van der Waals surface area contributed by atoms with Crippen molar-refractivity contribution >= 4 is 46.5 Å². The van der Waals surface area contributed by atoms with Crippen LogP contribution in [0.5, 0.6) is 0 Å². The Labute approximate surface area is 151 Å². The predicted molar refractivity (Wildman–Crippen MR) is 85.6 cm³/mol. The van der Waals surface area contributed by atoms with E-state index in [-0.39, 0.29) is 22.7 Å². The fraction of sp³-hybridized carbons (Fsp3) is 0.571. The summed E-state index contributed by atoms with van der Waals surface area (Å²) in [6.07, 6.45) is -3.28. The molecule has 0 N–H and O–H groups in total. The lowest BCUT2D eigenvalue weighted by Crippen LogP contribution is -2.50. The van der Waals surface area contributed by atoms with Crippen LogP contribution >= 0.6 is 34.8 Å². The summed E-state index contributed by atoms with van der Waals surface area (Å²) in [7, 11) is 0. The smallest absolute Gasteiger partial charge is 0.352 e. The summed E-state index contributed by atoms with van der Waals surface area (Å²) in [6, 6.07) is 0.862. The highest BCUT2D eigenvalue weighted by Gasteiger charge is 2.57. The molecule has 24 heavy (non-hydrogen) atoms. The Morgan fingerprint density at radius 3 is 2.29 bits per heavy atom. The molecule has 0 radical (unpaired) electrons. The second-order valence-electron chi connectivity index (χ2n) is 5.86. The van der Waals surface area contributed by atoms with Gasteiger partial charge in [0.1, 0.15) is 10.2 Å². The van der Waals surface area contributed by atoms with Crippen LogP contribution in [0.25, 0.3) is 0 Å². The van der Waals surface area contributed by atoms with Crippen molar-refractivity contribution < 1.29 is 18.0 Å². The van der Waals surface area contributed by atoms with Crippen LogP contribution in [0.2, 0.25) is 5.02 Å². The van der Waals surface area contributed by atoms with Gasteiger partial charge in [-0.3, -0.25) is 4.79 Å². The quantitative estimate of drug-likeness (QED) is 0.709. The maximum Gasteiger partial charge on any atom is 0.417 e. The molecule has 10 heteroatoms. The Bertz CT molecular complexity index is 660. The van der Waals surface area contributed by atoms with Crippen molar-refractivity contribution in [1.82, 2.24) is 9.88 Å². The molecule has 1 atom stereocenters. The number of nitrogens with zero attached hydrogens (tertiary/aromatic N) is 3. The van der Waals surface area contributed by atoms with Crippen molar-refractivity contribution in [2.75, 3.05) is 31.1 Å². The fourth-order valence-corrected chi connectivity index (χ4v) is 3.44. The van der Waals surface area contributed by atoms with Crippen LogP contribution in [-0.2, 0) is 11.0 Å². The first-order valence-electron chi connectivity index (χ1n) is 7.24. The second-order valence-corrected chi connectivity index (χ2v) is 7.81. The van der Waals surface area contributed by atoms with Crippen molar-refractivity contribution in [2.24, 2.45) is 5.92 Å². The minimum atomic E-state index is -4.49. The molecule has 0 bridgehead atoms. The number of aromatic nitrogens is 1. The van der Waals surface area contributed by atoms with Gasteiger partial charge in [-0.05, 0) is 12.5 Å². The van der Waals surface area contributed by atoms with E-state index in [2.05, 4.69) is 4.98 Å². The number of alkyl halides is 5. The van der Waals surface area contributed by atoms with E-state index < -0.39 is 16.1 Å². The van der Waals surface area contributed by atoms with E-state index in [9.17, 15) is 18.0 Å². The highest BCUT2D eigenvalue weighted by molar-refractivity contribution is 6.52. The molecule has 0 aromatic carbocycles. The normalized spacial score (nSPS) is 23.3. The molecule has 0 spiro atoms. The molecule has 1 saturated heterocycles. The van der Waals surface area contributed by atoms with Gasteiger partial charge in [0.25, 0.3) is 0 Å². The molecule has 2 fully saturated rings. The lowest BCUT2D eigenvalue weighted by Gasteiger charge is -2.36. The Hall–Kier alpha value is -0.920. The molecule has 1 unspecified atom stereocenters. The van der Waals surface area contributed by atoms with Gasteiger partial charge in [-0.25, -0.2) is 4.98 Å². The standard InChI is InChI=1S/C14H13Cl3F3N3O/c15-10-5-8(14(18,19)20)7-21-11(10)22-1-3-23(4-2-22)12(24)9-6-13(9,16)17/h5,7,9H,1-4,6H2. The number of pyridine rings is 1. The highest BCUT2D eigenvalue weighted by atomic mass is 35.5. The van der Waals surface area contributed by atoms with Crippen LogP contribution in [0.15, 0.2) is 12.3 Å². The minimum absolute atomic E-state index is 0.0627. The number of hydrogen-bond donors (Lipinski definition) is 0. The summed E-state index contributed by atoms with van der Waals surface area (Å²) in [5.41, 5.74) is -0.889. The van der Waals surface area contributed by atoms with E-state index in [1.165, 1.54) is 0 Å². The maximum atomic E-state index is 12.6. The van der Waals surface area contributed by atoms with Crippen LogP contribution in [0, 0.1) is 5.92 Å². The lowest BCUT2D eigenvalue weighted by molar-refractivity contribution is -0.138. The van der Waals surface area contributed by atoms with Gasteiger partial charge in [0.2, 0.25) is 5.91 Å². The molecule has 2 heterocycles. The minimum Gasteiger partial charge on any atom is -0.352 e. The number of halogens is 6. The molecule has 1 saturated carbocycles. The van der Waals surface area contributed by atoms with E-state index in [1.54, 1.807) is 9.80 Å². The largest absolute Gasteiger partial charge is 0.417 e. The Morgan fingerprint density at radius 2 is 1.83 bits per heavy atom. The van der Waals surface area contributed by atoms with Crippen LogP contribution < -0.4 is 4.90 Å².